The molecule has 0 rings (SSSR count). The molecule has 1 unspecified atom stereocenters. The lowest BCUT2D eigenvalue weighted by molar-refractivity contribution is -0.147. The van der Waals surface area contributed by atoms with Gasteiger partial charge in [-0.2, -0.15) is 0 Å². The molecular formula is C18H35NO5. The number of esters is 1. The van der Waals surface area contributed by atoms with Crippen LogP contribution in [0.4, 0.5) is 0 Å². The van der Waals surface area contributed by atoms with Crippen LogP contribution in [0, 0.1) is 5.41 Å². The van der Waals surface area contributed by atoms with Crippen LogP contribution in [0.1, 0.15) is 72.1 Å². The van der Waals surface area contributed by atoms with Crippen molar-refractivity contribution in [3.8, 4) is 0 Å². The van der Waals surface area contributed by atoms with Crippen molar-refractivity contribution in [3.63, 3.8) is 0 Å². The zero-order valence-corrected chi connectivity index (χ0v) is 15.6. The first-order valence-electron chi connectivity index (χ1n) is 8.96. The van der Waals surface area contributed by atoms with Crippen LogP contribution < -0.4 is 5.32 Å². The lowest BCUT2D eigenvalue weighted by Gasteiger charge is -2.25. The first kappa shape index (κ1) is 22.9. The number of aliphatic hydroxyl groups is 2. The number of unbranched alkanes of at least 4 members (excludes halogenated alkanes) is 4. The van der Waals surface area contributed by atoms with Crippen molar-refractivity contribution < 1.29 is 24.5 Å². The van der Waals surface area contributed by atoms with Crippen molar-refractivity contribution in [1.82, 2.24) is 5.32 Å². The minimum atomic E-state index is -0.968. The van der Waals surface area contributed by atoms with Gasteiger partial charge in [-0.25, -0.2) is 4.79 Å². The van der Waals surface area contributed by atoms with Crippen LogP contribution in [0.15, 0.2) is 0 Å². The highest BCUT2D eigenvalue weighted by atomic mass is 16.5. The quantitative estimate of drug-likeness (QED) is 0.351. The normalized spacial score (nSPS) is 14.1. The third-order valence-corrected chi connectivity index (χ3v) is 4.23. The lowest BCUT2D eigenvalue weighted by atomic mass is 9.93. The fourth-order valence-electron chi connectivity index (χ4n) is 2.30. The molecule has 3 N–H and O–H groups in total. The molecule has 0 bridgehead atoms. The summed E-state index contributed by atoms with van der Waals surface area (Å²) in [5.41, 5.74) is -0.968. The number of rotatable bonds is 13. The topological polar surface area (TPSA) is 95.9 Å². The zero-order chi connectivity index (χ0) is 18.6. The number of carbonyl (C=O) groups excluding carboxylic acids is 2. The summed E-state index contributed by atoms with van der Waals surface area (Å²) in [6, 6.07) is -0.803. The summed E-state index contributed by atoms with van der Waals surface area (Å²) >= 11 is 0. The third kappa shape index (κ3) is 9.23. The zero-order valence-electron chi connectivity index (χ0n) is 15.6. The van der Waals surface area contributed by atoms with Crippen LogP contribution in [-0.2, 0) is 14.3 Å². The van der Waals surface area contributed by atoms with E-state index in [0.717, 1.165) is 12.8 Å². The maximum Gasteiger partial charge on any atom is 0.328 e. The predicted octanol–water partition coefficient (Wildman–Crippen LogP) is 2.16. The highest BCUT2D eigenvalue weighted by Crippen LogP contribution is 2.16. The summed E-state index contributed by atoms with van der Waals surface area (Å²) in [5, 5.41) is 21.9. The van der Waals surface area contributed by atoms with Gasteiger partial charge in [0.05, 0.1) is 25.2 Å². The number of carbonyl (C=O) groups is 2. The second kappa shape index (κ2) is 12.3. The Morgan fingerprint density at radius 1 is 1.08 bits per heavy atom. The molecule has 0 fully saturated rings. The Bertz CT molecular complexity index is 370. The standard InChI is InChI=1S/C18H35NO5/c1-5-6-7-8-9-10-14(21)11-12-15(16(22)24-4)19-17(23)18(2,3)13-20/h14-15,20-21H,5-13H2,1-4H3,(H,19,23)/t14?,15-/m0/s1. The van der Waals surface area contributed by atoms with Crippen LogP contribution in [0.25, 0.3) is 0 Å². The van der Waals surface area contributed by atoms with E-state index in [1.54, 1.807) is 13.8 Å². The van der Waals surface area contributed by atoms with Crippen LogP contribution >= 0.6 is 0 Å². The van der Waals surface area contributed by atoms with Gasteiger partial charge in [0.1, 0.15) is 6.04 Å². The maximum atomic E-state index is 12.1. The summed E-state index contributed by atoms with van der Waals surface area (Å²) in [7, 11) is 1.27. The molecule has 0 heterocycles. The second-order valence-corrected chi connectivity index (χ2v) is 7.03. The summed E-state index contributed by atoms with van der Waals surface area (Å²) in [6.07, 6.45) is 6.61. The first-order chi connectivity index (χ1) is 11.3. The Hall–Kier alpha value is -1.14. The Labute approximate surface area is 146 Å². The van der Waals surface area contributed by atoms with E-state index in [1.807, 2.05) is 0 Å². The van der Waals surface area contributed by atoms with Gasteiger partial charge in [-0.3, -0.25) is 4.79 Å². The molecule has 0 aliphatic carbocycles. The van der Waals surface area contributed by atoms with Gasteiger partial charge in [0.25, 0.3) is 0 Å². The smallest absolute Gasteiger partial charge is 0.328 e. The van der Waals surface area contributed by atoms with E-state index in [1.165, 1.54) is 26.4 Å². The number of methoxy groups -OCH3 is 1. The van der Waals surface area contributed by atoms with E-state index >= 15 is 0 Å². The number of aliphatic hydroxyl groups excluding tert-OH is 2. The Balaban J connectivity index is 4.34. The molecule has 6 nitrogen and oxygen atoms in total. The molecule has 0 spiro atoms. The SMILES string of the molecule is CCCCCCCC(O)CC[C@H](NC(=O)C(C)(C)CO)C(=O)OC. The van der Waals surface area contributed by atoms with E-state index < -0.39 is 29.4 Å². The lowest BCUT2D eigenvalue weighted by Crippen LogP contribution is -2.48. The van der Waals surface area contributed by atoms with E-state index in [2.05, 4.69) is 12.2 Å². The third-order valence-electron chi connectivity index (χ3n) is 4.23. The maximum absolute atomic E-state index is 12.1. The summed E-state index contributed by atoms with van der Waals surface area (Å²) in [5.74, 6) is -0.943. The number of hydrogen-bond acceptors (Lipinski definition) is 5. The van der Waals surface area contributed by atoms with E-state index in [4.69, 9.17) is 4.74 Å². The Kier molecular flexibility index (Phi) is 11.7. The molecule has 0 aliphatic rings. The van der Waals surface area contributed by atoms with Crippen LogP contribution in [0.3, 0.4) is 0 Å². The molecule has 0 aromatic heterocycles. The van der Waals surface area contributed by atoms with Crippen molar-refractivity contribution >= 4 is 11.9 Å². The average molecular weight is 345 g/mol. The molecule has 24 heavy (non-hydrogen) atoms. The largest absolute Gasteiger partial charge is 0.467 e. The molecule has 6 heteroatoms. The summed E-state index contributed by atoms with van der Waals surface area (Å²) in [6.45, 7) is 5.05. The van der Waals surface area contributed by atoms with Crippen molar-refractivity contribution in [3.05, 3.63) is 0 Å². The molecule has 142 valence electrons. The molecule has 0 radical (unpaired) electrons. The number of amides is 1. The van der Waals surface area contributed by atoms with Crippen molar-refractivity contribution in [2.45, 2.75) is 84.3 Å². The molecule has 0 aromatic rings. The summed E-state index contributed by atoms with van der Waals surface area (Å²) in [4.78, 5) is 23.9. The predicted molar refractivity (Wildman–Crippen MR) is 93.4 cm³/mol. The monoisotopic (exact) mass is 345 g/mol. The van der Waals surface area contributed by atoms with Crippen molar-refractivity contribution in [2.75, 3.05) is 13.7 Å². The van der Waals surface area contributed by atoms with Gasteiger partial charge in [0.15, 0.2) is 0 Å². The highest BCUT2D eigenvalue weighted by molar-refractivity contribution is 5.87. The Morgan fingerprint density at radius 2 is 1.71 bits per heavy atom. The average Bonchev–Trinajstić information content (AvgIpc) is 2.57. The van der Waals surface area contributed by atoms with E-state index in [-0.39, 0.29) is 6.61 Å². The molecular weight excluding hydrogens is 310 g/mol. The fourth-order valence-corrected chi connectivity index (χ4v) is 2.30. The fraction of sp³-hybridized carbons (Fsp3) is 0.889. The van der Waals surface area contributed by atoms with Gasteiger partial charge in [-0.15, -0.1) is 0 Å². The van der Waals surface area contributed by atoms with Gasteiger partial charge in [-0.1, -0.05) is 39.0 Å². The van der Waals surface area contributed by atoms with Gasteiger partial charge >= 0.3 is 5.97 Å². The van der Waals surface area contributed by atoms with E-state index in [0.29, 0.717) is 19.3 Å². The minimum absolute atomic E-state index is 0.312. The molecule has 0 aromatic carbocycles. The van der Waals surface area contributed by atoms with Gasteiger partial charge in [-0.05, 0) is 33.1 Å². The molecule has 2 atom stereocenters. The molecule has 0 aliphatic heterocycles. The molecule has 0 saturated heterocycles. The highest BCUT2D eigenvalue weighted by Gasteiger charge is 2.31. The van der Waals surface area contributed by atoms with Crippen molar-refractivity contribution in [1.29, 1.82) is 0 Å². The van der Waals surface area contributed by atoms with Crippen LogP contribution in [-0.4, -0.2) is 48.0 Å². The first-order valence-corrected chi connectivity index (χ1v) is 8.96. The van der Waals surface area contributed by atoms with Crippen LogP contribution in [0.5, 0.6) is 0 Å². The Morgan fingerprint density at radius 3 is 2.25 bits per heavy atom. The van der Waals surface area contributed by atoms with Gasteiger partial charge in [0.2, 0.25) is 5.91 Å². The number of ether oxygens (including phenoxy) is 1. The number of hydrogen-bond donors (Lipinski definition) is 3. The van der Waals surface area contributed by atoms with E-state index in [9.17, 15) is 19.8 Å². The summed E-state index contributed by atoms with van der Waals surface area (Å²) < 4.78 is 4.72. The van der Waals surface area contributed by atoms with Gasteiger partial charge in [0, 0.05) is 0 Å². The molecule has 1 amide bonds. The van der Waals surface area contributed by atoms with Gasteiger partial charge < -0.3 is 20.3 Å². The minimum Gasteiger partial charge on any atom is -0.467 e. The second-order valence-electron chi connectivity index (χ2n) is 7.03. The van der Waals surface area contributed by atoms with Crippen LogP contribution in [0.2, 0.25) is 0 Å². The number of nitrogens with one attached hydrogen (secondary N) is 1. The molecule has 0 saturated carbocycles. The van der Waals surface area contributed by atoms with Crippen molar-refractivity contribution in [2.24, 2.45) is 5.41 Å².